The first-order chi connectivity index (χ1) is 22.6. The second kappa shape index (κ2) is 10.8. The zero-order valence-corrected chi connectivity index (χ0v) is 25.4. The van der Waals surface area contributed by atoms with Crippen molar-refractivity contribution in [2.75, 3.05) is 21.3 Å². The second-order valence-electron chi connectivity index (χ2n) is 11.2. The highest BCUT2D eigenvalue weighted by Gasteiger charge is 2.27. The van der Waals surface area contributed by atoms with Gasteiger partial charge in [-0.1, -0.05) is 36.4 Å². The Balaban J connectivity index is 1.48. The van der Waals surface area contributed by atoms with E-state index in [1.165, 1.54) is 0 Å². The minimum absolute atomic E-state index is 0.280. The highest BCUT2D eigenvalue weighted by Crippen LogP contribution is 2.45. The number of methoxy groups -OCH3 is 3. The largest absolute Gasteiger partial charge is 0.493 e. The maximum absolute atomic E-state index is 9.78. The number of aromatic nitrogens is 4. The molecule has 8 rings (SSSR count). The average Bonchev–Trinajstić information content (AvgIpc) is 3.83. The molecule has 3 N–H and O–H groups in total. The van der Waals surface area contributed by atoms with Gasteiger partial charge in [0, 0.05) is 56.1 Å². The van der Waals surface area contributed by atoms with E-state index in [0.717, 1.165) is 71.7 Å². The van der Waals surface area contributed by atoms with E-state index in [4.69, 9.17) is 19.2 Å². The summed E-state index contributed by atoms with van der Waals surface area (Å²) in [5.74, 6) is 1.32. The van der Waals surface area contributed by atoms with Gasteiger partial charge >= 0.3 is 0 Å². The molecule has 0 saturated carbocycles. The van der Waals surface area contributed by atoms with Gasteiger partial charge in [0.15, 0.2) is 11.5 Å². The van der Waals surface area contributed by atoms with Gasteiger partial charge in [-0.15, -0.1) is 0 Å². The third kappa shape index (κ3) is 4.17. The van der Waals surface area contributed by atoms with Gasteiger partial charge in [0.25, 0.3) is 0 Å². The summed E-state index contributed by atoms with van der Waals surface area (Å²) in [5.41, 5.74) is 9.05. The number of hydrogen-bond donors (Lipinski definition) is 3. The Morgan fingerprint density at radius 3 is 2.02 bits per heavy atom. The molecular weight excluding hydrogens is 574 g/mol. The van der Waals surface area contributed by atoms with Gasteiger partial charge in [-0.25, -0.2) is 4.98 Å². The van der Waals surface area contributed by atoms with Crippen molar-refractivity contribution in [3.8, 4) is 34.6 Å². The molecule has 0 aliphatic rings. The number of hydrogen-bond acceptors (Lipinski definition) is 5. The van der Waals surface area contributed by atoms with Crippen molar-refractivity contribution in [2.45, 2.75) is 5.92 Å². The number of ether oxygens (including phenoxy) is 3. The topological polar surface area (TPSA) is 112 Å². The molecule has 4 heterocycles. The van der Waals surface area contributed by atoms with Crippen LogP contribution in [0.4, 0.5) is 0 Å². The molecule has 1 unspecified atom stereocenters. The molecule has 224 valence electrons. The molecule has 8 aromatic rings. The van der Waals surface area contributed by atoms with Crippen LogP contribution in [0.3, 0.4) is 0 Å². The Morgan fingerprint density at radius 2 is 1.33 bits per heavy atom. The number of rotatable bonds is 7. The van der Waals surface area contributed by atoms with Crippen molar-refractivity contribution >= 4 is 43.6 Å². The maximum atomic E-state index is 9.78. The van der Waals surface area contributed by atoms with Crippen LogP contribution in [0.1, 0.15) is 28.3 Å². The molecule has 8 heteroatoms. The summed E-state index contributed by atoms with van der Waals surface area (Å²) in [5, 5.41) is 14.0. The maximum Gasteiger partial charge on any atom is 0.203 e. The third-order valence-electron chi connectivity index (χ3n) is 8.84. The number of nitrogens with zero attached hydrogens (tertiary/aromatic N) is 2. The van der Waals surface area contributed by atoms with Crippen LogP contribution in [-0.2, 0) is 0 Å². The monoisotopic (exact) mass is 603 g/mol. The Labute approximate surface area is 264 Å². The van der Waals surface area contributed by atoms with Crippen LogP contribution in [0.25, 0.3) is 54.9 Å². The Bertz CT molecular complexity index is 2450. The van der Waals surface area contributed by atoms with Crippen LogP contribution in [0.15, 0.2) is 97.3 Å². The zero-order chi connectivity index (χ0) is 31.4. The lowest BCUT2D eigenvalue weighted by Crippen LogP contribution is -2.06. The summed E-state index contributed by atoms with van der Waals surface area (Å²) in [7, 11) is 4.82. The number of H-pyrrole nitrogens is 3. The van der Waals surface area contributed by atoms with E-state index in [-0.39, 0.29) is 5.92 Å². The first-order valence-electron chi connectivity index (χ1n) is 14.9. The molecule has 0 amide bonds. The number of nitriles is 1. The average molecular weight is 604 g/mol. The number of para-hydroxylation sites is 2. The van der Waals surface area contributed by atoms with Gasteiger partial charge in [-0.05, 0) is 59.7 Å². The van der Waals surface area contributed by atoms with Gasteiger partial charge in [-0.3, -0.25) is 0 Å². The number of fused-ring (bicyclic) bond motifs is 5. The van der Waals surface area contributed by atoms with Gasteiger partial charge in [0.2, 0.25) is 5.75 Å². The van der Waals surface area contributed by atoms with E-state index in [2.05, 4.69) is 69.7 Å². The Morgan fingerprint density at radius 1 is 0.674 bits per heavy atom. The van der Waals surface area contributed by atoms with E-state index in [9.17, 15) is 5.26 Å². The molecule has 0 saturated heterocycles. The molecule has 0 aliphatic heterocycles. The van der Waals surface area contributed by atoms with Crippen LogP contribution < -0.4 is 14.2 Å². The summed E-state index contributed by atoms with van der Waals surface area (Å²) in [6.45, 7) is 0. The molecule has 4 aromatic carbocycles. The molecule has 0 radical (unpaired) electrons. The van der Waals surface area contributed by atoms with Gasteiger partial charge in [-0.2, -0.15) is 5.26 Å². The SMILES string of the molecule is COc1cc(-c2nc(C(c3c[nH]c4ccccc34)c3c[nH]c4ccc(C#N)cc34)cc3c2[nH]c2ccccc23)cc(OC)c1OC. The van der Waals surface area contributed by atoms with E-state index in [1.54, 1.807) is 21.3 Å². The number of pyridine rings is 1. The highest BCUT2D eigenvalue weighted by molar-refractivity contribution is 6.11. The van der Waals surface area contributed by atoms with Crippen molar-refractivity contribution in [3.63, 3.8) is 0 Å². The van der Waals surface area contributed by atoms with Gasteiger partial charge in [0.05, 0.1) is 55.8 Å². The second-order valence-corrected chi connectivity index (χ2v) is 11.2. The first kappa shape index (κ1) is 27.4. The molecular formula is C38H29N5O3. The minimum atomic E-state index is -0.280. The van der Waals surface area contributed by atoms with Crippen LogP contribution in [0.2, 0.25) is 0 Å². The lowest BCUT2D eigenvalue weighted by Gasteiger charge is -2.19. The predicted octanol–water partition coefficient (Wildman–Crippen LogP) is 8.42. The molecule has 0 bridgehead atoms. The highest BCUT2D eigenvalue weighted by atomic mass is 16.5. The molecule has 8 nitrogen and oxygen atoms in total. The fraction of sp³-hybridized carbons (Fsp3) is 0.105. The fourth-order valence-corrected chi connectivity index (χ4v) is 6.71. The van der Waals surface area contributed by atoms with Gasteiger partial charge in [0.1, 0.15) is 0 Å². The van der Waals surface area contributed by atoms with E-state index >= 15 is 0 Å². The summed E-state index contributed by atoms with van der Waals surface area (Å²) in [6.07, 6.45) is 4.11. The van der Waals surface area contributed by atoms with Crippen molar-refractivity contribution in [1.29, 1.82) is 5.26 Å². The summed E-state index contributed by atoms with van der Waals surface area (Å²) < 4.78 is 17.1. The smallest absolute Gasteiger partial charge is 0.203 e. The number of benzene rings is 4. The van der Waals surface area contributed by atoms with Crippen molar-refractivity contribution in [2.24, 2.45) is 0 Å². The van der Waals surface area contributed by atoms with Crippen molar-refractivity contribution in [1.82, 2.24) is 19.9 Å². The fourth-order valence-electron chi connectivity index (χ4n) is 6.71. The zero-order valence-electron chi connectivity index (χ0n) is 25.4. The standard InChI is InChI=1S/C38H29N5O3/c1-44-33-15-22(16-34(45-2)38(33)46-3)36-37-26(23-8-5-7-11-31(23)42-37)17-32(43-36)35(27-19-40-29-10-6-4-9-24(27)29)28-20-41-30-13-12-21(18-39)14-25(28)30/h4-17,19-20,35,40-42H,1-3H3. The van der Waals surface area contributed by atoms with Crippen LogP contribution >= 0.6 is 0 Å². The van der Waals surface area contributed by atoms with E-state index < -0.39 is 0 Å². The Kier molecular flexibility index (Phi) is 6.40. The summed E-state index contributed by atoms with van der Waals surface area (Å²) in [4.78, 5) is 16.0. The molecule has 1 atom stereocenters. The molecule has 0 aliphatic carbocycles. The molecule has 4 aromatic heterocycles. The Hall–Kier alpha value is -6.20. The van der Waals surface area contributed by atoms with Crippen LogP contribution in [0.5, 0.6) is 17.2 Å². The summed E-state index contributed by atoms with van der Waals surface area (Å²) >= 11 is 0. The van der Waals surface area contributed by atoms with Crippen LogP contribution in [0, 0.1) is 11.3 Å². The molecule has 0 fully saturated rings. The summed E-state index contributed by atoms with van der Waals surface area (Å²) in [6, 6.07) is 30.7. The van der Waals surface area contributed by atoms with Crippen molar-refractivity contribution < 1.29 is 14.2 Å². The van der Waals surface area contributed by atoms with Crippen molar-refractivity contribution in [3.05, 3.63) is 120 Å². The third-order valence-corrected chi connectivity index (χ3v) is 8.84. The first-order valence-corrected chi connectivity index (χ1v) is 14.9. The van der Waals surface area contributed by atoms with E-state index in [0.29, 0.717) is 22.8 Å². The van der Waals surface area contributed by atoms with E-state index in [1.807, 2.05) is 48.7 Å². The van der Waals surface area contributed by atoms with Gasteiger partial charge < -0.3 is 29.2 Å². The minimum Gasteiger partial charge on any atom is -0.493 e. The normalized spacial score (nSPS) is 12.1. The predicted molar refractivity (Wildman–Crippen MR) is 181 cm³/mol. The molecule has 46 heavy (non-hydrogen) atoms. The number of aromatic amines is 3. The lowest BCUT2D eigenvalue weighted by molar-refractivity contribution is 0.324. The quantitative estimate of drug-likeness (QED) is 0.169. The molecule has 0 spiro atoms. The van der Waals surface area contributed by atoms with Crippen LogP contribution in [-0.4, -0.2) is 41.3 Å². The number of nitrogens with one attached hydrogen (secondary N) is 3. The lowest BCUT2D eigenvalue weighted by atomic mass is 9.86.